The molecule has 0 amide bonds. The molecule has 0 radical (unpaired) electrons. The summed E-state index contributed by atoms with van der Waals surface area (Å²) in [4.78, 5) is 6.58. The molecule has 0 bridgehead atoms. The van der Waals surface area contributed by atoms with Gasteiger partial charge in [-0.1, -0.05) is 31.0 Å². The Kier molecular flexibility index (Phi) is 4.19. The number of hydrogen-bond donors (Lipinski definition) is 0. The summed E-state index contributed by atoms with van der Waals surface area (Å²) < 4.78 is 0. The topological polar surface area (TPSA) is 16.1 Å². The monoisotopic (exact) mass is 238 g/mol. The van der Waals surface area contributed by atoms with Crippen LogP contribution >= 0.6 is 11.6 Å². The Bertz CT molecular complexity index is 336. The lowest BCUT2D eigenvalue weighted by Gasteiger charge is -2.31. The fourth-order valence-electron chi connectivity index (χ4n) is 2.12. The average Bonchev–Trinajstić information content (AvgIpc) is 2.24. The predicted molar refractivity (Wildman–Crippen MR) is 67.5 cm³/mol. The summed E-state index contributed by atoms with van der Waals surface area (Å²) in [5.74, 6) is 0.912. The summed E-state index contributed by atoms with van der Waals surface area (Å²) in [7, 11) is 0. The first-order valence-electron chi connectivity index (χ1n) is 6.11. The summed E-state index contributed by atoms with van der Waals surface area (Å²) in [6.45, 7) is 5.44. The molecule has 0 spiro atoms. The Morgan fingerprint density at radius 3 is 2.88 bits per heavy atom. The number of nitrogens with zero attached hydrogens (tertiary/aromatic N) is 2. The molecule has 1 heterocycles. The molecule has 1 aromatic heterocycles. The number of rotatable bonds is 5. The maximum atomic E-state index is 6.07. The van der Waals surface area contributed by atoms with Crippen LogP contribution in [-0.4, -0.2) is 23.0 Å². The largest absolute Gasteiger partial charge is 0.299 e. The highest BCUT2D eigenvalue weighted by atomic mass is 35.5. The molecule has 1 fully saturated rings. The Labute approximate surface area is 103 Å². The molecule has 0 aliphatic heterocycles. The van der Waals surface area contributed by atoms with Crippen LogP contribution in [0, 0.1) is 5.92 Å². The van der Waals surface area contributed by atoms with Crippen LogP contribution in [0.4, 0.5) is 0 Å². The van der Waals surface area contributed by atoms with Crippen LogP contribution < -0.4 is 0 Å². The highest BCUT2D eigenvalue weighted by Crippen LogP contribution is 2.27. The van der Waals surface area contributed by atoms with Crippen LogP contribution in [0.1, 0.15) is 31.7 Å². The molecule has 1 aliphatic rings. The van der Waals surface area contributed by atoms with E-state index in [9.17, 15) is 0 Å². The molecule has 2 rings (SSSR count). The minimum absolute atomic E-state index is 0.648. The maximum Gasteiger partial charge on any atom is 0.133 e. The van der Waals surface area contributed by atoms with Crippen molar-refractivity contribution in [2.24, 2.45) is 5.92 Å². The highest BCUT2D eigenvalue weighted by Gasteiger charge is 2.20. The molecular formula is C13H19ClN2. The second-order valence-electron chi connectivity index (χ2n) is 4.58. The number of pyridine rings is 1. The van der Waals surface area contributed by atoms with Gasteiger partial charge in [-0.15, -0.1) is 0 Å². The molecule has 2 nitrogen and oxygen atoms in total. The molecule has 0 unspecified atom stereocenters. The van der Waals surface area contributed by atoms with E-state index in [2.05, 4.69) is 22.9 Å². The third kappa shape index (κ3) is 2.96. The van der Waals surface area contributed by atoms with Gasteiger partial charge in [-0.25, -0.2) is 4.98 Å². The van der Waals surface area contributed by atoms with Crippen molar-refractivity contribution in [3.63, 3.8) is 0 Å². The fraction of sp³-hybridized carbons (Fsp3) is 0.615. The highest BCUT2D eigenvalue weighted by molar-refractivity contribution is 6.30. The standard InChI is InChI=1S/C13H19ClN2/c1-2-16(9-11-5-3-6-11)10-12-7-4-8-15-13(12)14/h4,7-8,11H,2-3,5-6,9-10H2,1H3. The van der Waals surface area contributed by atoms with E-state index in [1.54, 1.807) is 6.20 Å². The summed E-state index contributed by atoms with van der Waals surface area (Å²) in [6.07, 6.45) is 5.96. The molecule has 0 aromatic carbocycles. The molecule has 0 atom stereocenters. The van der Waals surface area contributed by atoms with Crippen molar-refractivity contribution in [1.29, 1.82) is 0 Å². The molecular weight excluding hydrogens is 220 g/mol. The van der Waals surface area contributed by atoms with E-state index in [0.717, 1.165) is 24.6 Å². The number of halogens is 1. The van der Waals surface area contributed by atoms with Gasteiger partial charge in [0.15, 0.2) is 0 Å². The molecule has 1 saturated carbocycles. The van der Waals surface area contributed by atoms with Gasteiger partial charge in [0.2, 0.25) is 0 Å². The van der Waals surface area contributed by atoms with Crippen LogP contribution in [0.25, 0.3) is 0 Å². The Morgan fingerprint density at radius 1 is 1.50 bits per heavy atom. The summed E-state index contributed by atoms with van der Waals surface area (Å²) in [6, 6.07) is 4.02. The normalized spacial score (nSPS) is 16.4. The van der Waals surface area contributed by atoms with Gasteiger partial charge in [0.1, 0.15) is 5.15 Å². The molecule has 0 N–H and O–H groups in total. The lowest BCUT2D eigenvalue weighted by molar-refractivity contribution is 0.178. The first-order valence-corrected chi connectivity index (χ1v) is 6.49. The van der Waals surface area contributed by atoms with Crippen LogP contribution in [0.15, 0.2) is 18.3 Å². The van der Waals surface area contributed by atoms with Gasteiger partial charge in [-0.3, -0.25) is 4.90 Å². The van der Waals surface area contributed by atoms with Crippen molar-refractivity contribution >= 4 is 11.6 Å². The van der Waals surface area contributed by atoms with Crippen molar-refractivity contribution in [3.05, 3.63) is 29.0 Å². The van der Waals surface area contributed by atoms with Crippen LogP contribution in [-0.2, 0) is 6.54 Å². The summed E-state index contributed by atoms with van der Waals surface area (Å²) >= 11 is 6.07. The lowest BCUT2D eigenvalue weighted by atomic mass is 9.85. The first-order chi connectivity index (χ1) is 7.79. The van der Waals surface area contributed by atoms with Crippen LogP contribution in [0.5, 0.6) is 0 Å². The zero-order valence-electron chi connectivity index (χ0n) is 9.82. The summed E-state index contributed by atoms with van der Waals surface area (Å²) in [5.41, 5.74) is 1.14. The van der Waals surface area contributed by atoms with Gasteiger partial charge >= 0.3 is 0 Å². The molecule has 16 heavy (non-hydrogen) atoms. The minimum Gasteiger partial charge on any atom is -0.299 e. The molecule has 1 aliphatic carbocycles. The maximum absolute atomic E-state index is 6.07. The van der Waals surface area contributed by atoms with E-state index in [-0.39, 0.29) is 0 Å². The average molecular weight is 239 g/mol. The number of hydrogen-bond acceptors (Lipinski definition) is 2. The third-order valence-electron chi connectivity index (χ3n) is 3.42. The quantitative estimate of drug-likeness (QED) is 0.732. The first kappa shape index (κ1) is 11.9. The van der Waals surface area contributed by atoms with Crippen LogP contribution in [0.3, 0.4) is 0 Å². The zero-order chi connectivity index (χ0) is 11.4. The predicted octanol–water partition coefficient (Wildman–Crippen LogP) is 3.36. The molecule has 0 saturated heterocycles. The van der Waals surface area contributed by atoms with E-state index < -0.39 is 0 Å². The second kappa shape index (κ2) is 5.65. The SMILES string of the molecule is CCN(Cc1cccnc1Cl)CC1CCC1. The fourth-order valence-corrected chi connectivity index (χ4v) is 2.30. The molecule has 3 heteroatoms. The lowest BCUT2D eigenvalue weighted by Crippen LogP contribution is -2.32. The third-order valence-corrected chi connectivity index (χ3v) is 3.76. The van der Waals surface area contributed by atoms with Gasteiger partial charge in [0, 0.05) is 24.8 Å². The van der Waals surface area contributed by atoms with Crippen LogP contribution in [0.2, 0.25) is 5.15 Å². The summed E-state index contributed by atoms with van der Waals surface area (Å²) in [5, 5.41) is 0.648. The van der Waals surface area contributed by atoms with E-state index in [4.69, 9.17) is 11.6 Å². The Hall–Kier alpha value is -0.600. The second-order valence-corrected chi connectivity index (χ2v) is 4.94. The Morgan fingerprint density at radius 2 is 2.31 bits per heavy atom. The minimum atomic E-state index is 0.648. The van der Waals surface area contributed by atoms with Crippen molar-refractivity contribution in [2.75, 3.05) is 13.1 Å². The number of aromatic nitrogens is 1. The zero-order valence-corrected chi connectivity index (χ0v) is 10.6. The van der Waals surface area contributed by atoms with E-state index >= 15 is 0 Å². The smallest absolute Gasteiger partial charge is 0.133 e. The van der Waals surface area contributed by atoms with Crippen molar-refractivity contribution in [1.82, 2.24) is 9.88 Å². The van der Waals surface area contributed by atoms with Gasteiger partial charge in [0.25, 0.3) is 0 Å². The van der Waals surface area contributed by atoms with E-state index in [1.165, 1.54) is 25.8 Å². The van der Waals surface area contributed by atoms with E-state index in [0.29, 0.717) is 5.15 Å². The van der Waals surface area contributed by atoms with Crippen molar-refractivity contribution in [3.8, 4) is 0 Å². The molecule has 1 aromatic rings. The van der Waals surface area contributed by atoms with Gasteiger partial charge in [0.05, 0.1) is 0 Å². The van der Waals surface area contributed by atoms with Crippen molar-refractivity contribution in [2.45, 2.75) is 32.7 Å². The van der Waals surface area contributed by atoms with Crippen molar-refractivity contribution < 1.29 is 0 Å². The van der Waals surface area contributed by atoms with Gasteiger partial charge in [-0.2, -0.15) is 0 Å². The Balaban J connectivity index is 1.92. The van der Waals surface area contributed by atoms with E-state index in [1.807, 2.05) is 6.07 Å². The molecule has 88 valence electrons. The van der Waals surface area contributed by atoms with Gasteiger partial charge in [-0.05, 0) is 31.4 Å². The van der Waals surface area contributed by atoms with Gasteiger partial charge < -0.3 is 0 Å².